The lowest BCUT2D eigenvalue weighted by atomic mass is 9.99. The number of para-hydroxylation sites is 1. The van der Waals surface area contributed by atoms with Crippen molar-refractivity contribution in [3.63, 3.8) is 0 Å². The first-order chi connectivity index (χ1) is 10.7. The van der Waals surface area contributed by atoms with Gasteiger partial charge in [-0.2, -0.15) is 0 Å². The molecule has 22 heavy (non-hydrogen) atoms. The van der Waals surface area contributed by atoms with Crippen LogP contribution in [0.2, 0.25) is 0 Å². The van der Waals surface area contributed by atoms with Crippen LogP contribution >= 0.6 is 0 Å². The number of rotatable bonds is 4. The number of hydrogen-bond acceptors (Lipinski definition) is 3. The highest BCUT2D eigenvalue weighted by Gasteiger charge is 2.18. The molecule has 4 heteroatoms. The van der Waals surface area contributed by atoms with Gasteiger partial charge >= 0.3 is 0 Å². The normalized spacial score (nSPS) is 15.4. The predicted octanol–water partition coefficient (Wildman–Crippen LogP) is 3.88. The van der Waals surface area contributed by atoms with Gasteiger partial charge in [-0.3, -0.25) is 15.0 Å². The maximum atomic E-state index is 11.1. The zero-order chi connectivity index (χ0) is 15.4. The summed E-state index contributed by atoms with van der Waals surface area (Å²) in [5, 5.41) is 11.1. The Morgan fingerprint density at radius 3 is 2.45 bits per heavy atom. The highest BCUT2D eigenvalue weighted by molar-refractivity contribution is 5.66. The molecule has 0 aromatic heterocycles. The van der Waals surface area contributed by atoms with Crippen LogP contribution < -0.4 is 0 Å². The molecule has 0 unspecified atom stereocenters. The monoisotopic (exact) mass is 294 g/mol. The average molecular weight is 294 g/mol. The molecular weight excluding hydrogens is 276 g/mol. The van der Waals surface area contributed by atoms with E-state index in [1.54, 1.807) is 12.1 Å². The number of nitro benzene ring substituents is 1. The Bertz CT molecular complexity index is 695. The van der Waals surface area contributed by atoms with Crippen LogP contribution in [0.3, 0.4) is 0 Å². The van der Waals surface area contributed by atoms with Crippen molar-refractivity contribution < 1.29 is 4.92 Å². The van der Waals surface area contributed by atoms with Gasteiger partial charge in [0.2, 0.25) is 0 Å². The summed E-state index contributed by atoms with van der Waals surface area (Å²) in [5.41, 5.74) is 3.62. The lowest BCUT2D eigenvalue weighted by Crippen LogP contribution is -2.28. The van der Waals surface area contributed by atoms with E-state index in [1.165, 1.54) is 11.1 Å². The molecule has 0 saturated heterocycles. The van der Waals surface area contributed by atoms with Crippen molar-refractivity contribution in [2.75, 3.05) is 13.1 Å². The Labute approximate surface area is 129 Å². The second kappa shape index (κ2) is 6.54. The molecule has 0 N–H and O–H groups in total. The summed E-state index contributed by atoms with van der Waals surface area (Å²) in [4.78, 5) is 13.0. The molecule has 112 valence electrons. The Hall–Kier alpha value is -2.46. The fourth-order valence-electron chi connectivity index (χ4n) is 2.83. The van der Waals surface area contributed by atoms with E-state index in [-0.39, 0.29) is 10.6 Å². The summed E-state index contributed by atoms with van der Waals surface area (Å²) >= 11 is 0. The van der Waals surface area contributed by atoms with E-state index in [9.17, 15) is 10.1 Å². The van der Waals surface area contributed by atoms with Gasteiger partial charge in [0.15, 0.2) is 0 Å². The second-order valence-corrected chi connectivity index (χ2v) is 5.47. The van der Waals surface area contributed by atoms with Crippen LogP contribution in [0.5, 0.6) is 0 Å². The van der Waals surface area contributed by atoms with Crippen LogP contribution in [-0.4, -0.2) is 22.9 Å². The van der Waals surface area contributed by atoms with Crippen molar-refractivity contribution in [1.82, 2.24) is 4.90 Å². The number of benzene rings is 2. The fraction of sp³-hybridized carbons (Fsp3) is 0.222. The van der Waals surface area contributed by atoms with Gasteiger partial charge in [-0.1, -0.05) is 54.6 Å². The molecule has 2 aromatic rings. The number of nitrogens with zero attached hydrogens (tertiary/aromatic N) is 2. The molecule has 0 amide bonds. The van der Waals surface area contributed by atoms with Gasteiger partial charge in [0.25, 0.3) is 5.69 Å². The molecule has 1 heterocycles. The molecule has 0 radical (unpaired) electrons. The first-order valence-corrected chi connectivity index (χ1v) is 7.43. The smallest absolute Gasteiger partial charge is 0.273 e. The zero-order valence-corrected chi connectivity index (χ0v) is 12.3. The highest BCUT2D eigenvalue weighted by atomic mass is 16.6. The minimum Gasteiger partial charge on any atom is -0.295 e. The van der Waals surface area contributed by atoms with Gasteiger partial charge in [-0.15, -0.1) is 0 Å². The van der Waals surface area contributed by atoms with Gasteiger partial charge in [-0.25, -0.2) is 0 Å². The third-order valence-electron chi connectivity index (χ3n) is 4.02. The maximum Gasteiger partial charge on any atom is 0.273 e. The fourth-order valence-corrected chi connectivity index (χ4v) is 2.83. The first-order valence-electron chi connectivity index (χ1n) is 7.43. The van der Waals surface area contributed by atoms with Gasteiger partial charge in [0.05, 0.1) is 4.92 Å². The minimum atomic E-state index is -0.301. The van der Waals surface area contributed by atoms with E-state index >= 15 is 0 Å². The summed E-state index contributed by atoms with van der Waals surface area (Å²) in [6.07, 6.45) is 3.21. The maximum absolute atomic E-state index is 11.1. The largest absolute Gasteiger partial charge is 0.295 e. The molecule has 3 rings (SSSR count). The van der Waals surface area contributed by atoms with Crippen molar-refractivity contribution in [3.8, 4) is 0 Å². The van der Waals surface area contributed by atoms with Crippen LogP contribution in [0.1, 0.15) is 17.5 Å². The van der Waals surface area contributed by atoms with Gasteiger partial charge in [0.1, 0.15) is 0 Å². The Balaban J connectivity index is 1.70. The molecule has 0 saturated carbocycles. The van der Waals surface area contributed by atoms with Crippen LogP contribution in [-0.2, 0) is 6.54 Å². The quantitative estimate of drug-likeness (QED) is 0.635. The third-order valence-corrected chi connectivity index (χ3v) is 4.02. The Morgan fingerprint density at radius 1 is 1.05 bits per heavy atom. The molecule has 0 aliphatic carbocycles. The van der Waals surface area contributed by atoms with Gasteiger partial charge < -0.3 is 0 Å². The summed E-state index contributed by atoms with van der Waals surface area (Å²) in [6, 6.07) is 17.4. The van der Waals surface area contributed by atoms with E-state index in [1.807, 2.05) is 18.2 Å². The zero-order valence-electron chi connectivity index (χ0n) is 12.3. The van der Waals surface area contributed by atoms with E-state index < -0.39 is 0 Å². The van der Waals surface area contributed by atoms with Crippen molar-refractivity contribution >= 4 is 11.3 Å². The van der Waals surface area contributed by atoms with E-state index in [0.29, 0.717) is 6.54 Å². The highest BCUT2D eigenvalue weighted by Crippen LogP contribution is 2.25. The molecule has 0 spiro atoms. The summed E-state index contributed by atoms with van der Waals surface area (Å²) in [6.45, 7) is 2.37. The van der Waals surface area contributed by atoms with Crippen molar-refractivity contribution in [2.24, 2.45) is 0 Å². The Morgan fingerprint density at radius 2 is 1.77 bits per heavy atom. The van der Waals surface area contributed by atoms with E-state index in [2.05, 4.69) is 35.2 Å². The average Bonchev–Trinajstić information content (AvgIpc) is 2.57. The standard InChI is InChI=1S/C18H18N2O2/c21-20(22)18-9-5-4-8-17(18)14-19-12-10-16(11-13-19)15-6-2-1-3-7-15/h1-10H,11-14H2. The Kier molecular flexibility index (Phi) is 4.30. The summed E-state index contributed by atoms with van der Waals surface area (Å²) in [5.74, 6) is 0. The SMILES string of the molecule is O=[N+]([O-])c1ccccc1CN1CC=C(c2ccccc2)CC1. The predicted molar refractivity (Wildman–Crippen MR) is 87.4 cm³/mol. The van der Waals surface area contributed by atoms with Crippen molar-refractivity contribution in [3.05, 3.63) is 81.9 Å². The van der Waals surface area contributed by atoms with Crippen LogP contribution in [0.25, 0.3) is 5.57 Å². The van der Waals surface area contributed by atoms with Crippen molar-refractivity contribution in [2.45, 2.75) is 13.0 Å². The third kappa shape index (κ3) is 3.23. The van der Waals surface area contributed by atoms with Gasteiger partial charge in [-0.05, 0) is 17.6 Å². The molecule has 1 aliphatic heterocycles. The van der Waals surface area contributed by atoms with Crippen LogP contribution in [0, 0.1) is 10.1 Å². The molecule has 4 nitrogen and oxygen atoms in total. The topological polar surface area (TPSA) is 46.4 Å². The number of hydrogen-bond donors (Lipinski definition) is 0. The van der Waals surface area contributed by atoms with Crippen molar-refractivity contribution in [1.29, 1.82) is 0 Å². The minimum absolute atomic E-state index is 0.209. The number of nitro groups is 1. The lowest BCUT2D eigenvalue weighted by molar-refractivity contribution is -0.385. The molecular formula is C18H18N2O2. The first kappa shape index (κ1) is 14.5. The molecule has 0 fully saturated rings. The molecule has 0 atom stereocenters. The molecule has 0 bridgehead atoms. The summed E-state index contributed by atoms with van der Waals surface area (Å²) < 4.78 is 0. The molecule has 1 aliphatic rings. The second-order valence-electron chi connectivity index (χ2n) is 5.47. The van der Waals surface area contributed by atoms with Crippen LogP contribution in [0.15, 0.2) is 60.7 Å². The summed E-state index contributed by atoms with van der Waals surface area (Å²) in [7, 11) is 0. The van der Waals surface area contributed by atoms with E-state index in [4.69, 9.17) is 0 Å². The van der Waals surface area contributed by atoms with Gasteiger partial charge in [0, 0.05) is 31.3 Å². The van der Waals surface area contributed by atoms with Crippen LogP contribution in [0.4, 0.5) is 5.69 Å². The molecule has 2 aromatic carbocycles. The lowest BCUT2D eigenvalue weighted by Gasteiger charge is -2.26. The van der Waals surface area contributed by atoms with E-state index in [0.717, 1.165) is 25.1 Å².